The molecular formula is C20H22N4O2S2. The van der Waals surface area contributed by atoms with Gasteiger partial charge in [0.2, 0.25) is 0 Å². The van der Waals surface area contributed by atoms with Gasteiger partial charge < -0.3 is 14.0 Å². The first kappa shape index (κ1) is 19.0. The lowest BCUT2D eigenvalue weighted by atomic mass is 10.2. The van der Waals surface area contributed by atoms with Crippen molar-refractivity contribution in [3.63, 3.8) is 0 Å². The lowest BCUT2D eigenvalue weighted by Crippen LogP contribution is -2.02. The summed E-state index contributed by atoms with van der Waals surface area (Å²) in [6.07, 6.45) is 4.31. The van der Waals surface area contributed by atoms with E-state index in [0.29, 0.717) is 17.4 Å². The van der Waals surface area contributed by atoms with E-state index in [0.717, 1.165) is 39.5 Å². The molecule has 146 valence electrons. The average molecular weight is 415 g/mol. The summed E-state index contributed by atoms with van der Waals surface area (Å²) >= 11 is 3.26. The molecule has 2 aromatic heterocycles. The normalized spacial score (nSPS) is 13.5. The maximum absolute atomic E-state index is 5.54. The highest BCUT2D eigenvalue weighted by Gasteiger charge is 2.30. The molecule has 0 spiro atoms. The van der Waals surface area contributed by atoms with E-state index in [1.807, 2.05) is 24.3 Å². The van der Waals surface area contributed by atoms with Crippen LogP contribution in [0, 0.1) is 0 Å². The van der Waals surface area contributed by atoms with Crippen LogP contribution in [0.15, 0.2) is 41.4 Å². The standard InChI is InChI=1S/C20H22N4O2S2/c1-4-10-24-18(13-8-9-13)22-23-20(24)28-12-14-11-27-19(21-14)15-6-5-7-16(25-2)17(15)26-3/h4-7,11,13H,1,8-10,12H2,2-3H3. The van der Waals surface area contributed by atoms with E-state index < -0.39 is 0 Å². The molecule has 1 saturated carbocycles. The number of rotatable bonds is 9. The Labute approximate surface area is 172 Å². The Morgan fingerprint density at radius 2 is 2.14 bits per heavy atom. The molecule has 1 aliphatic rings. The van der Waals surface area contributed by atoms with Gasteiger partial charge in [-0.1, -0.05) is 23.9 Å². The van der Waals surface area contributed by atoms with E-state index in [2.05, 4.69) is 26.7 Å². The molecule has 1 fully saturated rings. The smallest absolute Gasteiger partial charge is 0.191 e. The summed E-state index contributed by atoms with van der Waals surface area (Å²) in [7, 11) is 3.29. The summed E-state index contributed by atoms with van der Waals surface area (Å²) in [5, 5.41) is 12.7. The van der Waals surface area contributed by atoms with Crippen molar-refractivity contribution < 1.29 is 9.47 Å². The predicted molar refractivity (Wildman–Crippen MR) is 112 cm³/mol. The van der Waals surface area contributed by atoms with Gasteiger partial charge in [-0.15, -0.1) is 28.1 Å². The minimum atomic E-state index is 0.563. The van der Waals surface area contributed by atoms with E-state index in [-0.39, 0.29) is 0 Å². The molecule has 6 nitrogen and oxygen atoms in total. The molecule has 0 amide bonds. The molecule has 0 aliphatic heterocycles. The molecule has 0 saturated heterocycles. The zero-order valence-electron chi connectivity index (χ0n) is 15.9. The Balaban J connectivity index is 1.51. The third kappa shape index (κ3) is 3.79. The fraction of sp³-hybridized carbons (Fsp3) is 0.350. The predicted octanol–water partition coefficient (Wildman–Crippen LogP) is 4.77. The molecule has 4 rings (SSSR count). The Kier molecular flexibility index (Phi) is 5.68. The Hall–Kier alpha value is -2.32. The SMILES string of the molecule is C=CCn1c(SCc2csc(-c3cccc(OC)c3OC)n2)nnc1C1CC1. The molecule has 1 aromatic carbocycles. The molecule has 0 atom stereocenters. The number of hydrogen-bond acceptors (Lipinski definition) is 7. The highest BCUT2D eigenvalue weighted by atomic mass is 32.2. The Bertz CT molecular complexity index is 978. The molecular weight excluding hydrogens is 392 g/mol. The van der Waals surface area contributed by atoms with Gasteiger partial charge in [-0.25, -0.2) is 4.98 Å². The third-order valence-electron chi connectivity index (χ3n) is 4.53. The number of thiazole rings is 1. The molecule has 2 heterocycles. The zero-order chi connectivity index (χ0) is 19.5. The molecule has 0 radical (unpaired) electrons. The molecule has 0 N–H and O–H groups in total. The van der Waals surface area contributed by atoms with E-state index >= 15 is 0 Å². The molecule has 0 unspecified atom stereocenters. The van der Waals surface area contributed by atoms with E-state index in [4.69, 9.17) is 14.5 Å². The van der Waals surface area contributed by atoms with E-state index in [1.54, 1.807) is 37.3 Å². The second kappa shape index (κ2) is 8.36. The van der Waals surface area contributed by atoms with Crippen LogP contribution in [0.1, 0.15) is 30.3 Å². The van der Waals surface area contributed by atoms with Crippen LogP contribution < -0.4 is 9.47 Å². The van der Waals surface area contributed by atoms with E-state index in [1.165, 1.54) is 12.8 Å². The van der Waals surface area contributed by atoms with Crippen molar-refractivity contribution in [2.24, 2.45) is 0 Å². The average Bonchev–Trinajstić information content (AvgIpc) is 3.32. The highest BCUT2D eigenvalue weighted by molar-refractivity contribution is 7.98. The molecule has 8 heteroatoms. The highest BCUT2D eigenvalue weighted by Crippen LogP contribution is 2.41. The lowest BCUT2D eigenvalue weighted by molar-refractivity contribution is 0.356. The topological polar surface area (TPSA) is 62.1 Å². The molecule has 3 aromatic rings. The summed E-state index contributed by atoms with van der Waals surface area (Å²) < 4.78 is 13.1. The molecule has 1 aliphatic carbocycles. The van der Waals surface area contributed by atoms with Crippen molar-refractivity contribution >= 4 is 23.1 Å². The van der Waals surface area contributed by atoms with Gasteiger partial charge in [0.1, 0.15) is 10.8 Å². The van der Waals surface area contributed by atoms with Gasteiger partial charge in [0.15, 0.2) is 16.7 Å². The van der Waals surface area contributed by atoms with Gasteiger partial charge in [-0.2, -0.15) is 0 Å². The van der Waals surface area contributed by atoms with Crippen molar-refractivity contribution in [2.45, 2.75) is 36.2 Å². The second-order valence-corrected chi connectivity index (χ2v) is 8.29. The lowest BCUT2D eigenvalue weighted by Gasteiger charge is -2.10. The Morgan fingerprint density at radius 3 is 2.86 bits per heavy atom. The number of ether oxygens (including phenoxy) is 2. The summed E-state index contributed by atoms with van der Waals surface area (Å²) in [5.41, 5.74) is 1.95. The first-order chi connectivity index (χ1) is 13.7. The molecule has 28 heavy (non-hydrogen) atoms. The van der Waals surface area contributed by atoms with Crippen molar-refractivity contribution in [3.05, 3.63) is 47.8 Å². The number of aromatic nitrogens is 4. The van der Waals surface area contributed by atoms with Crippen LogP contribution in [0.3, 0.4) is 0 Å². The van der Waals surface area contributed by atoms with Crippen molar-refractivity contribution in [3.8, 4) is 22.1 Å². The maximum atomic E-state index is 5.54. The van der Waals surface area contributed by atoms with Crippen molar-refractivity contribution in [1.82, 2.24) is 19.7 Å². The van der Waals surface area contributed by atoms with Crippen LogP contribution >= 0.6 is 23.1 Å². The fourth-order valence-corrected chi connectivity index (χ4v) is 4.84. The second-order valence-electron chi connectivity index (χ2n) is 6.49. The van der Waals surface area contributed by atoms with Crippen LogP contribution in [0.25, 0.3) is 10.6 Å². The van der Waals surface area contributed by atoms with Gasteiger partial charge in [0.25, 0.3) is 0 Å². The Morgan fingerprint density at radius 1 is 1.29 bits per heavy atom. The fourth-order valence-electron chi connectivity index (χ4n) is 3.04. The van der Waals surface area contributed by atoms with Gasteiger partial charge >= 0.3 is 0 Å². The van der Waals surface area contributed by atoms with Gasteiger partial charge in [-0.3, -0.25) is 0 Å². The van der Waals surface area contributed by atoms with Crippen molar-refractivity contribution in [2.75, 3.05) is 14.2 Å². The number of allylic oxidation sites excluding steroid dienone is 1. The number of benzene rings is 1. The summed E-state index contributed by atoms with van der Waals surface area (Å²) in [6, 6.07) is 5.83. The van der Waals surface area contributed by atoms with Crippen LogP contribution in [0.2, 0.25) is 0 Å². The van der Waals surface area contributed by atoms with Gasteiger partial charge in [-0.05, 0) is 25.0 Å². The van der Waals surface area contributed by atoms with Crippen LogP contribution in [-0.4, -0.2) is 34.0 Å². The summed E-state index contributed by atoms with van der Waals surface area (Å²) in [5.74, 6) is 3.80. The monoisotopic (exact) mass is 414 g/mol. The number of thioether (sulfide) groups is 1. The minimum absolute atomic E-state index is 0.563. The van der Waals surface area contributed by atoms with Gasteiger partial charge in [0, 0.05) is 23.6 Å². The van der Waals surface area contributed by atoms with Crippen molar-refractivity contribution in [1.29, 1.82) is 0 Å². The number of para-hydroxylation sites is 1. The van der Waals surface area contributed by atoms with E-state index in [9.17, 15) is 0 Å². The number of hydrogen-bond donors (Lipinski definition) is 0. The minimum Gasteiger partial charge on any atom is -0.493 e. The van der Waals surface area contributed by atoms with Crippen LogP contribution in [-0.2, 0) is 12.3 Å². The van der Waals surface area contributed by atoms with Crippen LogP contribution in [0.5, 0.6) is 11.5 Å². The maximum Gasteiger partial charge on any atom is 0.191 e. The number of nitrogens with zero attached hydrogens (tertiary/aromatic N) is 4. The third-order valence-corrected chi connectivity index (χ3v) is 6.46. The number of methoxy groups -OCH3 is 2. The summed E-state index contributed by atoms with van der Waals surface area (Å²) in [4.78, 5) is 4.79. The first-order valence-electron chi connectivity index (χ1n) is 9.07. The quantitative estimate of drug-likeness (QED) is 0.371. The molecule has 0 bridgehead atoms. The van der Waals surface area contributed by atoms with Crippen LogP contribution in [0.4, 0.5) is 0 Å². The first-order valence-corrected chi connectivity index (χ1v) is 10.9. The van der Waals surface area contributed by atoms with Gasteiger partial charge in [0.05, 0.1) is 25.5 Å². The largest absolute Gasteiger partial charge is 0.493 e. The summed E-state index contributed by atoms with van der Waals surface area (Å²) in [6.45, 7) is 4.61. The zero-order valence-corrected chi connectivity index (χ0v) is 17.6.